The van der Waals surface area contributed by atoms with Gasteiger partial charge in [0.2, 0.25) is 11.7 Å². The highest BCUT2D eigenvalue weighted by molar-refractivity contribution is 5.63. The highest BCUT2D eigenvalue weighted by atomic mass is 19.3. The second kappa shape index (κ2) is 8.19. The van der Waals surface area contributed by atoms with E-state index in [1.54, 1.807) is 18.2 Å². The molecule has 0 aliphatic carbocycles. The summed E-state index contributed by atoms with van der Waals surface area (Å²) in [4.78, 5) is 6.66. The molecule has 0 bridgehead atoms. The molecule has 2 aromatic rings. The first-order valence-corrected chi connectivity index (χ1v) is 8.31. The fourth-order valence-corrected chi connectivity index (χ4v) is 2.94. The summed E-state index contributed by atoms with van der Waals surface area (Å²) in [5.74, 6) is 0.817. The molecule has 1 aliphatic heterocycles. The summed E-state index contributed by atoms with van der Waals surface area (Å²) < 4.78 is 34.8. The zero-order valence-corrected chi connectivity index (χ0v) is 13.5. The molecule has 1 aromatic heterocycles. The monoisotopic (exact) mass is 337 g/mol. The van der Waals surface area contributed by atoms with Crippen molar-refractivity contribution in [1.82, 2.24) is 15.0 Å². The molecule has 1 fully saturated rings. The maximum atomic E-state index is 12.5. The number of ether oxygens (including phenoxy) is 1. The van der Waals surface area contributed by atoms with Crippen molar-refractivity contribution < 1.29 is 18.0 Å². The lowest BCUT2D eigenvalue weighted by atomic mass is 10.1. The third-order valence-electron chi connectivity index (χ3n) is 4.12. The predicted octanol–water partition coefficient (Wildman–Crippen LogP) is 4.10. The maximum Gasteiger partial charge on any atom is 0.387 e. The number of rotatable bonds is 5. The van der Waals surface area contributed by atoms with Gasteiger partial charge in [-0.2, -0.15) is 13.8 Å². The van der Waals surface area contributed by atoms with Gasteiger partial charge < -0.3 is 9.26 Å². The number of nitrogens with zero attached hydrogens (tertiary/aromatic N) is 3. The van der Waals surface area contributed by atoms with Crippen LogP contribution >= 0.6 is 0 Å². The standard InChI is InChI=1S/C17H21F2N3O2/c18-17(19)23-14-9-5-4-8-13(14)16-20-15(24-21-16)12-22-10-6-2-1-3-7-11-22/h4-5,8-9,17H,1-3,6-7,10-12H2. The Morgan fingerprint density at radius 3 is 2.54 bits per heavy atom. The van der Waals surface area contributed by atoms with Crippen LogP contribution in [0.4, 0.5) is 8.78 Å². The molecule has 3 rings (SSSR count). The van der Waals surface area contributed by atoms with Crippen molar-refractivity contribution in [3.63, 3.8) is 0 Å². The van der Waals surface area contributed by atoms with Gasteiger partial charge >= 0.3 is 6.61 Å². The second-order valence-electron chi connectivity index (χ2n) is 5.93. The fourth-order valence-electron chi connectivity index (χ4n) is 2.94. The molecule has 1 aromatic carbocycles. The van der Waals surface area contributed by atoms with Crippen molar-refractivity contribution in [2.24, 2.45) is 0 Å². The zero-order valence-electron chi connectivity index (χ0n) is 13.5. The van der Waals surface area contributed by atoms with E-state index in [1.165, 1.54) is 38.2 Å². The molecule has 0 radical (unpaired) electrons. The highest BCUT2D eigenvalue weighted by Crippen LogP contribution is 2.29. The van der Waals surface area contributed by atoms with E-state index in [2.05, 4.69) is 19.8 Å². The molecule has 0 unspecified atom stereocenters. The molecule has 5 nitrogen and oxygen atoms in total. The van der Waals surface area contributed by atoms with Gasteiger partial charge in [0.15, 0.2) is 0 Å². The van der Waals surface area contributed by atoms with Crippen molar-refractivity contribution in [2.45, 2.75) is 45.3 Å². The van der Waals surface area contributed by atoms with Gasteiger partial charge in [0.25, 0.3) is 0 Å². The first kappa shape index (κ1) is 16.8. The number of hydrogen-bond donors (Lipinski definition) is 0. The molecule has 0 amide bonds. The third-order valence-corrected chi connectivity index (χ3v) is 4.12. The Kier molecular flexibility index (Phi) is 5.74. The van der Waals surface area contributed by atoms with Gasteiger partial charge in [-0.15, -0.1) is 0 Å². The van der Waals surface area contributed by atoms with Crippen LogP contribution in [0, 0.1) is 0 Å². The summed E-state index contributed by atoms with van der Waals surface area (Å²) in [7, 11) is 0. The minimum atomic E-state index is -2.89. The van der Waals surface area contributed by atoms with Crippen LogP contribution in [0.5, 0.6) is 5.75 Å². The van der Waals surface area contributed by atoms with E-state index in [0.29, 0.717) is 18.0 Å². The lowest BCUT2D eigenvalue weighted by molar-refractivity contribution is -0.0494. The minimum absolute atomic E-state index is 0.0473. The molecule has 0 N–H and O–H groups in total. The summed E-state index contributed by atoms with van der Waals surface area (Å²) in [5, 5.41) is 3.92. The summed E-state index contributed by atoms with van der Waals surface area (Å²) >= 11 is 0. The predicted molar refractivity (Wildman–Crippen MR) is 84.7 cm³/mol. The van der Waals surface area contributed by atoms with E-state index < -0.39 is 6.61 Å². The van der Waals surface area contributed by atoms with Gasteiger partial charge in [0, 0.05) is 0 Å². The summed E-state index contributed by atoms with van der Waals surface area (Å²) in [6.07, 6.45) is 6.16. The molecule has 0 spiro atoms. The van der Waals surface area contributed by atoms with Gasteiger partial charge in [0.1, 0.15) is 5.75 Å². The van der Waals surface area contributed by atoms with E-state index in [-0.39, 0.29) is 11.6 Å². The SMILES string of the molecule is FC(F)Oc1ccccc1-c1noc(CN2CCCCCCC2)n1. The first-order valence-electron chi connectivity index (χ1n) is 8.31. The van der Waals surface area contributed by atoms with Crippen molar-refractivity contribution in [3.05, 3.63) is 30.2 Å². The second-order valence-corrected chi connectivity index (χ2v) is 5.93. The van der Waals surface area contributed by atoms with Crippen molar-refractivity contribution in [1.29, 1.82) is 0 Å². The van der Waals surface area contributed by atoms with Crippen molar-refractivity contribution >= 4 is 0 Å². The molecule has 2 heterocycles. The number of benzene rings is 1. The van der Waals surface area contributed by atoms with Crippen LogP contribution in [0.2, 0.25) is 0 Å². The number of halogens is 2. The van der Waals surface area contributed by atoms with Crippen LogP contribution in [0.3, 0.4) is 0 Å². The lowest BCUT2D eigenvalue weighted by Gasteiger charge is -2.22. The zero-order chi connectivity index (χ0) is 16.8. The quantitative estimate of drug-likeness (QED) is 0.822. The number of hydrogen-bond acceptors (Lipinski definition) is 5. The van der Waals surface area contributed by atoms with Gasteiger partial charge in [-0.3, -0.25) is 4.90 Å². The van der Waals surface area contributed by atoms with Crippen LogP contribution in [0.15, 0.2) is 28.8 Å². The van der Waals surface area contributed by atoms with Crippen LogP contribution in [0.25, 0.3) is 11.4 Å². The van der Waals surface area contributed by atoms with E-state index >= 15 is 0 Å². The van der Waals surface area contributed by atoms with E-state index in [4.69, 9.17) is 4.52 Å². The summed E-state index contributed by atoms with van der Waals surface area (Å²) in [5.41, 5.74) is 0.403. The molecule has 0 atom stereocenters. The number of alkyl halides is 2. The minimum Gasteiger partial charge on any atom is -0.434 e. The van der Waals surface area contributed by atoms with E-state index in [0.717, 1.165) is 13.1 Å². The normalized spacial score (nSPS) is 16.8. The first-order chi connectivity index (χ1) is 11.7. The lowest BCUT2D eigenvalue weighted by Crippen LogP contribution is -2.27. The highest BCUT2D eigenvalue weighted by Gasteiger charge is 2.17. The van der Waals surface area contributed by atoms with Crippen LogP contribution in [-0.4, -0.2) is 34.7 Å². The Bertz CT molecular complexity index is 640. The molecular weight excluding hydrogens is 316 g/mol. The maximum absolute atomic E-state index is 12.5. The number of aromatic nitrogens is 2. The van der Waals surface area contributed by atoms with Crippen molar-refractivity contribution in [2.75, 3.05) is 13.1 Å². The van der Waals surface area contributed by atoms with Crippen LogP contribution in [0.1, 0.15) is 38.0 Å². The Morgan fingerprint density at radius 1 is 1.08 bits per heavy atom. The largest absolute Gasteiger partial charge is 0.434 e. The number of likely N-dealkylation sites (tertiary alicyclic amines) is 1. The van der Waals surface area contributed by atoms with Crippen LogP contribution < -0.4 is 4.74 Å². The summed E-state index contributed by atoms with van der Waals surface area (Å²) in [6, 6.07) is 6.46. The smallest absolute Gasteiger partial charge is 0.387 e. The third kappa shape index (κ3) is 4.50. The Balaban J connectivity index is 1.71. The van der Waals surface area contributed by atoms with E-state index in [9.17, 15) is 8.78 Å². The molecule has 24 heavy (non-hydrogen) atoms. The molecule has 0 saturated carbocycles. The van der Waals surface area contributed by atoms with Crippen molar-refractivity contribution in [3.8, 4) is 17.1 Å². The number of para-hydroxylation sites is 1. The molecule has 1 saturated heterocycles. The van der Waals surface area contributed by atoms with Gasteiger partial charge in [-0.1, -0.05) is 36.6 Å². The van der Waals surface area contributed by atoms with Gasteiger partial charge in [-0.05, 0) is 38.1 Å². The molecule has 7 heteroatoms. The van der Waals surface area contributed by atoms with Crippen LogP contribution in [-0.2, 0) is 6.54 Å². The average Bonchev–Trinajstić information content (AvgIpc) is 2.98. The molecular formula is C17H21F2N3O2. The summed E-state index contributed by atoms with van der Waals surface area (Å²) in [6.45, 7) is -0.269. The Labute approximate surface area is 139 Å². The topological polar surface area (TPSA) is 51.4 Å². The average molecular weight is 337 g/mol. The fraction of sp³-hybridized carbons (Fsp3) is 0.529. The molecule has 130 valence electrons. The Morgan fingerprint density at radius 2 is 1.79 bits per heavy atom. The van der Waals surface area contributed by atoms with E-state index in [1.807, 2.05) is 0 Å². The van der Waals surface area contributed by atoms with Gasteiger partial charge in [-0.25, -0.2) is 0 Å². The molecule has 1 aliphatic rings. The van der Waals surface area contributed by atoms with Gasteiger partial charge in [0.05, 0.1) is 12.1 Å². The Hall–Kier alpha value is -2.02.